The third-order valence-electron chi connectivity index (χ3n) is 6.85. The molecule has 10 heteroatoms. The molecule has 0 N–H and O–H groups in total. The number of hydrogen-bond acceptors (Lipinski definition) is 6. The number of sulfonamides is 1. The fourth-order valence-electron chi connectivity index (χ4n) is 4.73. The Kier molecular flexibility index (Phi) is 7.35. The van der Waals surface area contributed by atoms with Crippen molar-refractivity contribution in [1.29, 1.82) is 0 Å². The van der Waals surface area contributed by atoms with E-state index in [1.165, 1.54) is 23.6 Å². The van der Waals surface area contributed by atoms with E-state index in [0.717, 1.165) is 17.4 Å². The molecule has 0 aliphatic carbocycles. The van der Waals surface area contributed by atoms with E-state index in [4.69, 9.17) is 4.74 Å². The Morgan fingerprint density at radius 1 is 0.971 bits per heavy atom. The van der Waals surface area contributed by atoms with Crippen LogP contribution in [0.5, 0.6) is 5.75 Å². The molecule has 1 spiro atoms. The van der Waals surface area contributed by atoms with Crippen molar-refractivity contribution in [2.24, 2.45) is 5.41 Å². The second-order valence-electron chi connectivity index (χ2n) is 9.17. The molecule has 0 saturated carbocycles. The van der Waals surface area contributed by atoms with Gasteiger partial charge in [-0.05, 0) is 48.4 Å². The molecule has 0 radical (unpaired) electrons. The first-order valence-corrected chi connectivity index (χ1v) is 14.7. The number of amides is 1. The molecule has 2 aromatic carbocycles. The van der Waals surface area contributed by atoms with Crippen molar-refractivity contribution >= 4 is 31.8 Å². The van der Waals surface area contributed by atoms with Crippen molar-refractivity contribution < 1.29 is 26.4 Å². The van der Waals surface area contributed by atoms with Crippen LogP contribution >= 0.6 is 0 Å². The third-order valence-corrected chi connectivity index (χ3v) is 9.94. The molecular formula is C25H30N2O6S2. The zero-order chi connectivity index (χ0) is 25.1. The van der Waals surface area contributed by atoms with Gasteiger partial charge in [-0.15, -0.1) is 0 Å². The van der Waals surface area contributed by atoms with E-state index in [9.17, 15) is 21.6 Å². The van der Waals surface area contributed by atoms with Crippen molar-refractivity contribution in [3.05, 3.63) is 65.6 Å². The molecule has 2 aromatic rings. The van der Waals surface area contributed by atoms with Gasteiger partial charge in [0, 0.05) is 37.7 Å². The number of rotatable bonds is 7. The van der Waals surface area contributed by atoms with Crippen molar-refractivity contribution in [2.75, 3.05) is 39.0 Å². The summed E-state index contributed by atoms with van der Waals surface area (Å²) in [5.41, 5.74) is 0.569. The SMILES string of the molecule is COc1cccc(S(=O)(=O)N2CCC3(CCN(C(=O)CS(=O)(=O)/C=C/c4ccccc4)C3)CC2)c1. The first-order valence-electron chi connectivity index (χ1n) is 11.5. The van der Waals surface area contributed by atoms with Gasteiger partial charge in [-0.2, -0.15) is 4.31 Å². The minimum atomic E-state index is -3.69. The molecule has 2 heterocycles. The second kappa shape index (κ2) is 10.1. The maximum atomic E-state index is 13.1. The number of carbonyl (C=O) groups is 1. The molecule has 35 heavy (non-hydrogen) atoms. The molecule has 8 nitrogen and oxygen atoms in total. The van der Waals surface area contributed by atoms with Crippen LogP contribution in [-0.2, 0) is 24.7 Å². The fourth-order valence-corrected chi connectivity index (χ4v) is 7.19. The van der Waals surface area contributed by atoms with Gasteiger partial charge >= 0.3 is 0 Å². The Balaban J connectivity index is 1.34. The van der Waals surface area contributed by atoms with E-state index in [1.807, 2.05) is 18.2 Å². The maximum Gasteiger partial charge on any atom is 0.243 e. The van der Waals surface area contributed by atoms with Crippen LogP contribution in [0.15, 0.2) is 64.9 Å². The second-order valence-corrected chi connectivity index (χ2v) is 13.0. The quantitative estimate of drug-likeness (QED) is 0.559. The van der Waals surface area contributed by atoms with Gasteiger partial charge < -0.3 is 9.64 Å². The Bertz CT molecular complexity index is 1300. The number of carbonyl (C=O) groups excluding carboxylic acids is 1. The highest BCUT2D eigenvalue weighted by atomic mass is 32.2. The van der Waals surface area contributed by atoms with Crippen molar-refractivity contribution in [3.63, 3.8) is 0 Å². The normalized spacial score (nSPS) is 18.8. The van der Waals surface area contributed by atoms with Crippen molar-refractivity contribution in [3.8, 4) is 5.75 Å². The Labute approximate surface area is 207 Å². The van der Waals surface area contributed by atoms with Crippen LogP contribution < -0.4 is 4.74 Å². The van der Waals surface area contributed by atoms with E-state index in [1.54, 1.807) is 35.2 Å². The molecule has 0 atom stereocenters. The number of hydrogen-bond donors (Lipinski definition) is 0. The number of piperidine rings is 1. The molecule has 2 aliphatic heterocycles. The molecule has 2 aliphatic rings. The van der Waals surface area contributed by atoms with Gasteiger partial charge in [0.2, 0.25) is 15.9 Å². The third kappa shape index (κ3) is 5.94. The summed E-state index contributed by atoms with van der Waals surface area (Å²) in [6.07, 6.45) is 3.49. The number of nitrogens with zero attached hydrogens (tertiary/aromatic N) is 2. The molecule has 0 unspecified atom stereocenters. The van der Waals surface area contributed by atoms with Gasteiger partial charge in [-0.3, -0.25) is 4.79 Å². The Morgan fingerprint density at radius 2 is 1.66 bits per heavy atom. The zero-order valence-corrected chi connectivity index (χ0v) is 21.3. The summed E-state index contributed by atoms with van der Waals surface area (Å²) in [5, 5.41) is 1.09. The average Bonchev–Trinajstić information content (AvgIpc) is 3.27. The number of ether oxygens (including phenoxy) is 1. The Hall–Kier alpha value is -2.69. The van der Waals surface area contributed by atoms with Gasteiger partial charge in [-0.25, -0.2) is 16.8 Å². The summed E-state index contributed by atoms with van der Waals surface area (Å²) in [6.45, 7) is 1.66. The predicted octanol–water partition coefficient (Wildman–Crippen LogP) is 2.78. The summed E-state index contributed by atoms with van der Waals surface area (Å²) < 4.78 is 57.7. The summed E-state index contributed by atoms with van der Waals surface area (Å²) in [7, 11) is -5.84. The lowest BCUT2D eigenvalue weighted by Crippen LogP contribution is -2.45. The lowest BCUT2D eigenvalue weighted by atomic mass is 9.78. The van der Waals surface area contributed by atoms with E-state index in [-0.39, 0.29) is 10.3 Å². The van der Waals surface area contributed by atoms with Crippen LogP contribution in [0.2, 0.25) is 0 Å². The fraction of sp³-hybridized carbons (Fsp3) is 0.400. The minimum Gasteiger partial charge on any atom is -0.497 e. The lowest BCUT2D eigenvalue weighted by Gasteiger charge is -2.38. The standard InChI is InChI=1S/C25H30N2O6S2/c1-33-22-8-5-9-23(18-22)35(31,32)27-15-12-25(13-16-27)11-14-26(20-25)24(28)19-34(29,30)17-10-21-6-3-2-4-7-21/h2-10,17-18H,11-16,19-20H2,1H3/b17-10+. The van der Waals surface area contributed by atoms with Crippen LogP contribution in [0.3, 0.4) is 0 Å². The number of likely N-dealkylation sites (tertiary alicyclic amines) is 1. The van der Waals surface area contributed by atoms with Gasteiger partial charge in [0.1, 0.15) is 11.5 Å². The smallest absolute Gasteiger partial charge is 0.243 e. The predicted molar refractivity (Wildman–Crippen MR) is 134 cm³/mol. The molecule has 2 saturated heterocycles. The molecule has 188 valence electrons. The van der Waals surface area contributed by atoms with Crippen LogP contribution in [0, 0.1) is 5.41 Å². The number of methoxy groups -OCH3 is 1. The van der Waals surface area contributed by atoms with E-state index >= 15 is 0 Å². The van der Waals surface area contributed by atoms with Crippen LogP contribution in [0.25, 0.3) is 6.08 Å². The Morgan fingerprint density at radius 3 is 2.34 bits per heavy atom. The summed E-state index contributed by atoms with van der Waals surface area (Å²) in [5.74, 6) is -0.493. The molecule has 2 fully saturated rings. The maximum absolute atomic E-state index is 13.1. The number of benzene rings is 2. The lowest BCUT2D eigenvalue weighted by molar-refractivity contribution is -0.127. The first kappa shape index (κ1) is 25.4. The molecule has 4 rings (SSSR count). The van der Waals surface area contributed by atoms with Crippen molar-refractivity contribution in [2.45, 2.75) is 24.2 Å². The molecular weight excluding hydrogens is 488 g/mol. The molecule has 0 bridgehead atoms. The summed E-state index contributed by atoms with van der Waals surface area (Å²) >= 11 is 0. The van der Waals surface area contributed by atoms with E-state index in [2.05, 4.69) is 0 Å². The van der Waals surface area contributed by atoms with Crippen LogP contribution in [0.1, 0.15) is 24.8 Å². The van der Waals surface area contributed by atoms with Crippen LogP contribution in [0.4, 0.5) is 0 Å². The minimum absolute atomic E-state index is 0.181. The topological polar surface area (TPSA) is 101 Å². The van der Waals surface area contributed by atoms with Crippen molar-refractivity contribution in [1.82, 2.24) is 9.21 Å². The molecule has 0 aromatic heterocycles. The average molecular weight is 519 g/mol. The van der Waals surface area contributed by atoms with Gasteiger partial charge in [0.05, 0.1) is 12.0 Å². The molecule has 1 amide bonds. The van der Waals surface area contributed by atoms with E-state index < -0.39 is 31.5 Å². The van der Waals surface area contributed by atoms with Gasteiger partial charge in [0.25, 0.3) is 0 Å². The highest BCUT2D eigenvalue weighted by molar-refractivity contribution is 7.95. The monoisotopic (exact) mass is 518 g/mol. The van der Waals surface area contributed by atoms with Crippen LogP contribution in [-0.4, -0.2) is 71.0 Å². The largest absolute Gasteiger partial charge is 0.497 e. The van der Waals surface area contributed by atoms with Gasteiger partial charge in [-0.1, -0.05) is 36.4 Å². The first-order chi connectivity index (χ1) is 16.6. The number of sulfone groups is 1. The summed E-state index contributed by atoms with van der Waals surface area (Å²) in [6, 6.07) is 15.5. The summed E-state index contributed by atoms with van der Waals surface area (Å²) in [4.78, 5) is 14.6. The zero-order valence-electron chi connectivity index (χ0n) is 19.7. The highest BCUT2D eigenvalue weighted by Gasteiger charge is 2.44. The van der Waals surface area contributed by atoms with E-state index in [0.29, 0.717) is 44.8 Å². The highest BCUT2D eigenvalue weighted by Crippen LogP contribution is 2.41. The van der Waals surface area contributed by atoms with Gasteiger partial charge in [0.15, 0.2) is 9.84 Å².